The van der Waals surface area contributed by atoms with Crippen LogP contribution in [0.25, 0.3) is 0 Å². The molecule has 2 atom stereocenters. The van der Waals surface area contributed by atoms with E-state index in [-0.39, 0.29) is 0 Å². The summed E-state index contributed by atoms with van der Waals surface area (Å²) in [6, 6.07) is 0.620. The van der Waals surface area contributed by atoms with Crippen molar-refractivity contribution in [2.75, 3.05) is 0 Å². The molecule has 0 aliphatic heterocycles. The van der Waals surface area contributed by atoms with Crippen LogP contribution in [0.2, 0.25) is 5.02 Å². The van der Waals surface area contributed by atoms with Gasteiger partial charge in [0.25, 0.3) is 0 Å². The lowest BCUT2D eigenvalue weighted by Gasteiger charge is -2.32. The Morgan fingerprint density at radius 3 is 2.42 bits per heavy atom. The van der Waals surface area contributed by atoms with Crippen molar-refractivity contribution in [2.24, 2.45) is 18.9 Å². The average molecular weight is 284 g/mol. The first-order valence-corrected chi connectivity index (χ1v) is 7.82. The van der Waals surface area contributed by atoms with Gasteiger partial charge in [0, 0.05) is 19.6 Å². The minimum atomic E-state index is 0.620. The van der Waals surface area contributed by atoms with Crippen LogP contribution in [0, 0.1) is 11.8 Å². The van der Waals surface area contributed by atoms with Crippen molar-refractivity contribution < 1.29 is 0 Å². The molecule has 1 saturated carbocycles. The van der Waals surface area contributed by atoms with E-state index in [0.29, 0.717) is 6.04 Å². The third kappa shape index (κ3) is 3.51. The Morgan fingerprint density at radius 2 is 1.89 bits per heavy atom. The molecule has 1 aromatic rings. The lowest BCUT2D eigenvalue weighted by Crippen LogP contribution is -2.36. The van der Waals surface area contributed by atoms with Gasteiger partial charge in [-0.25, -0.2) is 0 Å². The van der Waals surface area contributed by atoms with Crippen LogP contribution in [0.1, 0.15) is 51.4 Å². The zero-order valence-corrected chi connectivity index (χ0v) is 13.3. The molecular formula is C15H26ClN3. The summed E-state index contributed by atoms with van der Waals surface area (Å²) in [6.07, 6.45) is 4.82. The summed E-state index contributed by atoms with van der Waals surface area (Å²) >= 11 is 6.38. The van der Waals surface area contributed by atoms with Gasteiger partial charge in [-0.1, -0.05) is 32.4 Å². The molecule has 1 aliphatic carbocycles. The first-order valence-electron chi connectivity index (χ1n) is 7.44. The SMILES string of the molecule is CCc1nn(C)c(CNC2CC(C)CC(C)C2)c1Cl. The predicted molar refractivity (Wildman–Crippen MR) is 80.4 cm³/mol. The van der Waals surface area contributed by atoms with Crippen molar-refractivity contribution >= 4 is 11.6 Å². The second kappa shape index (κ2) is 6.27. The highest BCUT2D eigenvalue weighted by atomic mass is 35.5. The fourth-order valence-corrected chi connectivity index (χ4v) is 3.73. The molecule has 0 saturated heterocycles. The minimum Gasteiger partial charge on any atom is -0.308 e. The van der Waals surface area contributed by atoms with Crippen LogP contribution in [0.15, 0.2) is 0 Å². The molecule has 3 nitrogen and oxygen atoms in total. The molecule has 0 amide bonds. The van der Waals surface area contributed by atoms with E-state index in [1.807, 2.05) is 11.7 Å². The molecule has 1 aliphatic rings. The highest BCUT2D eigenvalue weighted by Gasteiger charge is 2.24. The van der Waals surface area contributed by atoms with Crippen molar-refractivity contribution in [3.63, 3.8) is 0 Å². The van der Waals surface area contributed by atoms with Gasteiger partial charge in [0.05, 0.1) is 16.4 Å². The second-order valence-electron chi connectivity index (χ2n) is 6.18. The van der Waals surface area contributed by atoms with E-state index in [9.17, 15) is 0 Å². The van der Waals surface area contributed by atoms with Crippen LogP contribution in [0.5, 0.6) is 0 Å². The maximum absolute atomic E-state index is 6.38. The Morgan fingerprint density at radius 1 is 1.26 bits per heavy atom. The van der Waals surface area contributed by atoms with Crippen LogP contribution in [-0.4, -0.2) is 15.8 Å². The molecule has 1 fully saturated rings. The maximum atomic E-state index is 6.38. The number of hydrogen-bond acceptors (Lipinski definition) is 2. The predicted octanol–water partition coefficient (Wildman–Crippen LogP) is 3.55. The molecule has 0 radical (unpaired) electrons. The Balaban J connectivity index is 1.97. The van der Waals surface area contributed by atoms with Crippen molar-refractivity contribution in [2.45, 2.75) is 59.0 Å². The fraction of sp³-hybridized carbons (Fsp3) is 0.800. The zero-order chi connectivity index (χ0) is 14.0. The number of halogens is 1. The molecule has 2 rings (SSSR count). The van der Waals surface area contributed by atoms with E-state index in [2.05, 4.69) is 31.2 Å². The van der Waals surface area contributed by atoms with Crippen molar-refractivity contribution in [1.82, 2.24) is 15.1 Å². The molecule has 1 aromatic heterocycles. The Bertz CT molecular complexity index is 417. The van der Waals surface area contributed by atoms with Crippen molar-refractivity contribution in [1.29, 1.82) is 0 Å². The number of aromatic nitrogens is 2. The standard InChI is InChI=1S/C15H26ClN3/c1-5-13-15(16)14(19(4)18-13)9-17-12-7-10(2)6-11(3)8-12/h10-12,17H,5-9H2,1-4H3. The van der Waals surface area contributed by atoms with Gasteiger partial charge in [0.2, 0.25) is 0 Å². The molecule has 0 bridgehead atoms. The topological polar surface area (TPSA) is 29.9 Å². The summed E-state index contributed by atoms with van der Waals surface area (Å²) in [4.78, 5) is 0. The Kier molecular flexibility index (Phi) is 4.91. The summed E-state index contributed by atoms with van der Waals surface area (Å²) in [5, 5.41) is 8.98. The van der Waals surface area contributed by atoms with Gasteiger partial charge in [-0.3, -0.25) is 4.68 Å². The first-order chi connectivity index (χ1) is 9.01. The quantitative estimate of drug-likeness (QED) is 0.916. The van der Waals surface area contributed by atoms with Crippen LogP contribution in [0.3, 0.4) is 0 Å². The van der Waals surface area contributed by atoms with E-state index >= 15 is 0 Å². The fourth-order valence-electron chi connectivity index (χ4n) is 3.37. The summed E-state index contributed by atoms with van der Waals surface area (Å²) in [5.41, 5.74) is 2.12. The highest BCUT2D eigenvalue weighted by molar-refractivity contribution is 6.31. The number of nitrogens with one attached hydrogen (secondary N) is 1. The van der Waals surface area contributed by atoms with Crippen molar-refractivity contribution in [3.05, 3.63) is 16.4 Å². The van der Waals surface area contributed by atoms with E-state index in [0.717, 1.165) is 41.2 Å². The van der Waals surface area contributed by atoms with Crippen LogP contribution < -0.4 is 5.32 Å². The monoisotopic (exact) mass is 283 g/mol. The lowest BCUT2D eigenvalue weighted by atomic mass is 9.80. The molecule has 1 N–H and O–H groups in total. The summed E-state index contributed by atoms with van der Waals surface area (Å²) in [7, 11) is 1.98. The summed E-state index contributed by atoms with van der Waals surface area (Å²) in [6.45, 7) is 7.63. The van der Waals surface area contributed by atoms with E-state index in [1.54, 1.807) is 0 Å². The average Bonchev–Trinajstić information content (AvgIpc) is 2.61. The van der Waals surface area contributed by atoms with Gasteiger partial charge in [0.15, 0.2) is 0 Å². The van der Waals surface area contributed by atoms with Crippen LogP contribution in [0.4, 0.5) is 0 Å². The van der Waals surface area contributed by atoms with E-state index in [1.165, 1.54) is 19.3 Å². The molecule has 1 heterocycles. The van der Waals surface area contributed by atoms with Gasteiger partial charge in [-0.15, -0.1) is 0 Å². The molecule has 19 heavy (non-hydrogen) atoms. The van der Waals surface area contributed by atoms with Crippen LogP contribution in [-0.2, 0) is 20.0 Å². The first kappa shape index (κ1) is 14.9. The Hall–Kier alpha value is -0.540. The van der Waals surface area contributed by atoms with Gasteiger partial charge >= 0.3 is 0 Å². The number of nitrogens with zero attached hydrogens (tertiary/aromatic N) is 2. The lowest BCUT2D eigenvalue weighted by molar-refractivity contribution is 0.237. The molecule has 4 heteroatoms. The molecule has 0 aromatic carbocycles. The largest absolute Gasteiger partial charge is 0.308 e. The number of rotatable bonds is 4. The number of aryl methyl sites for hydroxylation is 2. The molecule has 2 unspecified atom stereocenters. The van der Waals surface area contributed by atoms with Gasteiger partial charge in [0.1, 0.15) is 0 Å². The third-order valence-corrected chi connectivity index (χ3v) is 4.68. The summed E-state index contributed by atoms with van der Waals surface area (Å²) < 4.78 is 1.92. The zero-order valence-electron chi connectivity index (χ0n) is 12.5. The number of hydrogen-bond donors (Lipinski definition) is 1. The molecule has 108 valence electrons. The van der Waals surface area contributed by atoms with Crippen molar-refractivity contribution in [3.8, 4) is 0 Å². The van der Waals surface area contributed by atoms with Gasteiger partial charge in [-0.2, -0.15) is 5.10 Å². The van der Waals surface area contributed by atoms with E-state index < -0.39 is 0 Å². The minimum absolute atomic E-state index is 0.620. The van der Waals surface area contributed by atoms with E-state index in [4.69, 9.17) is 11.6 Å². The third-order valence-electron chi connectivity index (χ3n) is 4.24. The molecular weight excluding hydrogens is 258 g/mol. The smallest absolute Gasteiger partial charge is 0.0863 e. The Labute approximate surface area is 121 Å². The molecule has 0 spiro atoms. The maximum Gasteiger partial charge on any atom is 0.0863 e. The summed E-state index contributed by atoms with van der Waals surface area (Å²) in [5.74, 6) is 1.66. The second-order valence-corrected chi connectivity index (χ2v) is 6.56. The highest BCUT2D eigenvalue weighted by Crippen LogP contribution is 2.29. The van der Waals surface area contributed by atoms with Crippen LogP contribution >= 0.6 is 11.6 Å². The normalized spacial score (nSPS) is 27.7. The van der Waals surface area contributed by atoms with Gasteiger partial charge < -0.3 is 5.32 Å². The van der Waals surface area contributed by atoms with Gasteiger partial charge in [-0.05, 0) is 37.5 Å².